The van der Waals surface area contributed by atoms with Crippen LogP contribution in [0.2, 0.25) is 0 Å². The maximum Gasteiger partial charge on any atom is 0.408 e. The van der Waals surface area contributed by atoms with Gasteiger partial charge >= 0.3 is 6.09 Å². The summed E-state index contributed by atoms with van der Waals surface area (Å²) >= 11 is 0. The summed E-state index contributed by atoms with van der Waals surface area (Å²) in [5.74, 6) is 1.10. The number of hydrogen-bond donors (Lipinski definition) is 5. The van der Waals surface area contributed by atoms with Crippen molar-refractivity contribution < 1.29 is 24.9 Å². The Balaban J connectivity index is 0.907. The van der Waals surface area contributed by atoms with Gasteiger partial charge < -0.3 is 35.3 Å². The number of fused-ring (bicyclic) bond motifs is 4. The molecule has 0 saturated carbocycles. The monoisotopic (exact) mass is 772 g/mol. The number of aromatic nitrogens is 1. The normalized spacial score (nSPS) is 18.6. The Morgan fingerprint density at radius 1 is 0.825 bits per heavy atom. The van der Waals surface area contributed by atoms with Crippen molar-refractivity contribution in [3.8, 4) is 22.6 Å². The van der Waals surface area contributed by atoms with Crippen LogP contribution in [0, 0.1) is 5.92 Å². The first kappa shape index (κ1) is 40.1. The summed E-state index contributed by atoms with van der Waals surface area (Å²) in [5.41, 5.74) is 4.67. The second-order valence-corrected chi connectivity index (χ2v) is 15.7. The molecule has 10 nitrogen and oxygen atoms in total. The van der Waals surface area contributed by atoms with Gasteiger partial charge in [-0.3, -0.25) is 9.69 Å². The first-order chi connectivity index (χ1) is 27.9. The molecule has 0 radical (unpaired) electrons. The minimum absolute atomic E-state index is 0.0143. The second-order valence-electron chi connectivity index (χ2n) is 15.7. The lowest BCUT2D eigenvalue weighted by Crippen LogP contribution is -2.59. The third-order valence-corrected chi connectivity index (χ3v) is 11.8. The van der Waals surface area contributed by atoms with Crippen molar-refractivity contribution in [2.45, 2.75) is 76.0 Å². The Morgan fingerprint density at radius 3 is 2.23 bits per heavy atom. The molecule has 3 aliphatic rings. The maximum absolute atomic E-state index is 13.3. The zero-order valence-electron chi connectivity index (χ0n) is 32.7. The van der Waals surface area contributed by atoms with E-state index < -0.39 is 18.2 Å². The number of aromatic hydroxyl groups is 1. The van der Waals surface area contributed by atoms with Crippen LogP contribution < -0.4 is 15.6 Å². The predicted octanol–water partition coefficient (Wildman–Crippen LogP) is 8.50. The number of phenolic OH excluding ortho intramolecular Hbond substituents is 1. The summed E-state index contributed by atoms with van der Waals surface area (Å²) in [5, 5.41) is 35.8. The lowest BCUT2D eigenvalue weighted by molar-refractivity contribution is -0.000806. The number of carbonyl (C=O) groups is 1. The van der Waals surface area contributed by atoms with Gasteiger partial charge in [0.2, 0.25) is 5.56 Å². The number of aromatic amines is 1. The van der Waals surface area contributed by atoms with Crippen LogP contribution in [0.1, 0.15) is 86.6 Å². The van der Waals surface area contributed by atoms with Gasteiger partial charge in [0.25, 0.3) is 0 Å². The molecule has 57 heavy (non-hydrogen) atoms. The Bertz CT molecular complexity index is 2120. The number of rotatable bonds is 19. The van der Waals surface area contributed by atoms with Crippen molar-refractivity contribution in [1.29, 1.82) is 0 Å². The van der Waals surface area contributed by atoms with Gasteiger partial charge in [-0.2, -0.15) is 0 Å². The van der Waals surface area contributed by atoms with Crippen LogP contribution in [0.5, 0.6) is 11.5 Å². The largest absolute Gasteiger partial charge is 0.506 e. The van der Waals surface area contributed by atoms with E-state index in [0.29, 0.717) is 35.5 Å². The Morgan fingerprint density at radius 2 is 1.53 bits per heavy atom. The van der Waals surface area contributed by atoms with E-state index >= 15 is 0 Å². The van der Waals surface area contributed by atoms with E-state index in [0.717, 1.165) is 112 Å². The average molecular weight is 773 g/mol. The molecule has 4 heterocycles. The van der Waals surface area contributed by atoms with Crippen LogP contribution in [0.15, 0.2) is 108 Å². The van der Waals surface area contributed by atoms with E-state index in [-0.39, 0.29) is 17.4 Å². The number of piperidine rings is 3. The van der Waals surface area contributed by atoms with Crippen molar-refractivity contribution >= 4 is 17.0 Å². The molecule has 3 fully saturated rings. The molecule has 3 unspecified atom stereocenters. The number of aliphatic hydroxyl groups is 1. The zero-order valence-corrected chi connectivity index (χ0v) is 32.7. The van der Waals surface area contributed by atoms with Crippen LogP contribution in [0.3, 0.4) is 0 Å². The number of phenols is 1. The smallest absolute Gasteiger partial charge is 0.408 e. The Kier molecular flexibility index (Phi) is 13.6. The number of hydrogen-bond acceptors (Lipinski definition) is 7. The highest BCUT2D eigenvalue weighted by Crippen LogP contribution is 2.40. The molecular weight excluding hydrogens is 717 g/mol. The SMILES string of the molecule is O=C(O)N(C(c1ccccc1)c1cc(OCCCCCCCCCNCC(O)c2ccc(O)c3[nH]c(=O)ccc23)cc(-c2ccccc2)c1)C1CN2CCC1CC2. The minimum Gasteiger partial charge on any atom is -0.506 e. The van der Waals surface area contributed by atoms with E-state index in [1.165, 1.54) is 12.1 Å². The maximum atomic E-state index is 13.3. The summed E-state index contributed by atoms with van der Waals surface area (Å²) in [7, 11) is 0. The van der Waals surface area contributed by atoms with Crippen molar-refractivity contribution in [3.05, 3.63) is 130 Å². The molecule has 300 valence electrons. The average Bonchev–Trinajstić information content (AvgIpc) is 3.24. The molecule has 5 aromatic rings. The highest BCUT2D eigenvalue weighted by atomic mass is 16.5. The summed E-state index contributed by atoms with van der Waals surface area (Å²) in [4.78, 5) is 31.8. The minimum atomic E-state index is -0.884. The van der Waals surface area contributed by atoms with Gasteiger partial charge in [-0.25, -0.2) is 4.79 Å². The number of nitrogens with one attached hydrogen (secondary N) is 2. The number of pyridine rings is 1. The van der Waals surface area contributed by atoms with Gasteiger partial charge in [-0.05, 0) is 109 Å². The summed E-state index contributed by atoms with van der Waals surface area (Å²) in [6.45, 7) is 4.65. The van der Waals surface area contributed by atoms with E-state index in [4.69, 9.17) is 4.74 Å². The number of H-pyrrole nitrogens is 1. The molecule has 4 aromatic carbocycles. The van der Waals surface area contributed by atoms with E-state index in [1.54, 1.807) is 17.0 Å². The number of nitrogens with zero attached hydrogens (tertiary/aromatic N) is 2. The van der Waals surface area contributed by atoms with E-state index in [1.807, 2.05) is 48.5 Å². The first-order valence-electron chi connectivity index (χ1n) is 20.7. The third-order valence-electron chi connectivity index (χ3n) is 11.8. The highest BCUT2D eigenvalue weighted by Gasteiger charge is 2.43. The summed E-state index contributed by atoms with van der Waals surface area (Å²) < 4.78 is 6.46. The van der Waals surface area contributed by atoms with Crippen LogP contribution >= 0.6 is 0 Å². The molecule has 0 aliphatic carbocycles. The molecule has 1 amide bonds. The van der Waals surface area contributed by atoms with Crippen LogP contribution in [0.25, 0.3) is 22.0 Å². The van der Waals surface area contributed by atoms with Gasteiger partial charge in [0, 0.05) is 24.5 Å². The predicted molar refractivity (Wildman–Crippen MR) is 225 cm³/mol. The molecule has 5 N–H and O–H groups in total. The Labute approximate surface area is 335 Å². The number of carboxylic acid groups (broad SMARTS) is 1. The van der Waals surface area contributed by atoms with Gasteiger partial charge in [0.15, 0.2) is 0 Å². The highest BCUT2D eigenvalue weighted by molar-refractivity contribution is 5.87. The third kappa shape index (κ3) is 10.1. The number of benzene rings is 4. The number of unbranched alkanes of at least 4 members (excludes halogenated alkanes) is 6. The van der Waals surface area contributed by atoms with Gasteiger partial charge in [-0.15, -0.1) is 0 Å². The quantitative estimate of drug-likeness (QED) is 0.0527. The zero-order chi connectivity index (χ0) is 39.6. The number of ether oxygens (including phenoxy) is 1. The first-order valence-corrected chi connectivity index (χ1v) is 20.7. The molecule has 1 aromatic heterocycles. The van der Waals surface area contributed by atoms with Crippen LogP contribution in [-0.2, 0) is 0 Å². The molecule has 10 heteroatoms. The summed E-state index contributed by atoms with van der Waals surface area (Å²) in [6, 6.07) is 32.3. The van der Waals surface area contributed by atoms with Crippen LogP contribution in [-0.4, -0.2) is 81.6 Å². The number of amides is 1. The molecule has 3 aliphatic heterocycles. The molecule has 3 saturated heterocycles. The topological polar surface area (TPSA) is 138 Å². The lowest BCUT2D eigenvalue weighted by atomic mass is 9.81. The van der Waals surface area contributed by atoms with Crippen molar-refractivity contribution in [1.82, 2.24) is 20.1 Å². The fraction of sp³-hybridized carbons (Fsp3) is 0.404. The summed E-state index contributed by atoms with van der Waals surface area (Å²) in [6.07, 6.45) is 7.97. The molecular formula is C47H56N4O6. The number of aliphatic hydroxyl groups excluding tert-OH is 1. The van der Waals surface area contributed by atoms with E-state index in [9.17, 15) is 24.9 Å². The van der Waals surface area contributed by atoms with Crippen molar-refractivity contribution in [2.24, 2.45) is 5.92 Å². The second kappa shape index (κ2) is 19.3. The van der Waals surface area contributed by atoms with Crippen molar-refractivity contribution in [3.63, 3.8) is 0 Å². The lowest BCUT2D eigenvalue weighted by Gasteiger charge is -2.50. The fourth-order valence-corrected chi connectivity index (χ4v) is 8.83. The standard InChI is InChI=1S/C47H56N4O6/c52-42-20-18-39(40-19-21-44(54)49-45(40)42)43(53)31-48-24-12-4-2-1-3-5-13-27-57-38-29-36(33-14-8-6-9-15-33)28-37(30-38)46(35-16-10-7-11-17-35)51(47(55)56)41-32-50-25-22-34(41)23-26-50/h6-11,14-21,28-30,34,41,43,46,48,52-53H,1-5,12-13,22-27,31-32H2,(H,49,54)(H,55,56). The fourth-order valence-electron chi connectivity index (χ4n) is 8.83. The van der Waals surface area contributed by atoms with Gasteiger partial charge in [-0.1, -0.05) is 98.8 Å². The van der Waals surface area contributed by atoms with E-state index in [2.05, 4.69) is 45.5 Å². The van der Waals surface area contributed by atoms with Gasteiger partial charge in [0.1, 0.15) is 11.5 Å². The van der Waals surface area contributed by atoms with Gasteiger partial charge in [0.05, 0.1) is 30.3 Å². The Hall–Kier alpha value is -5.16. The molecule has 0 spiro atoms. The van der Waals surface area contributed by atoms with Crippen molar-refractivity contribution in [2.75, 3.05) is 39.3 Å². The molecule has 2 bridgehead atoms. The molecule has 3 atom stereocenters. The van der Waals surface area contributed by atoms with Crippen LogP contribution in [0.4, 0.5) is 4.79 Å². The molecule has 8 rings (SSSR count).